The Kier molecular flexibility index (Phi) is 59.4. The molecule has 0 N–H and O–H groups in total. The van der Waals surface area contributed by atoms with Crippen molar-refractivity contribution in [1.82, 2.24) is 0 Å². The van der Waals surface area contributed by atoms with Crippen molar-refractivity contribution in [3.05, 3.63) is 0 Å². The number of nitrogens with zero attached hydrogens (tertiary/aromatic N) is 2. The smallest absolute Gasteiger partial charge is 0.396 e. The van der Waals surface area contributed by atoms with Crippen molar-refractivity contribution < 1.29 is 31.0 Å². The summed E-state index contributed by atoms with van der Waals surface area (Å²) >= 11 is 12.1. The molecule has 394 valence electrons. The van der Waals surface area contributed by atoms with Crippen LogP contribution in [0.1, 0.15) is 257 Å². The van der Waals surface area contributed by atoms with Crippen molar-refractivity contribution in [1.29, 1.82) is 10.5 Å². The number of hydrogen-bond donors (Lipinski definition) is 0. The first-order valence-electron chi connectivity index (χ1n) is 27.1. The average Bonchev–Trinajstić information content (AvgIpc) is 3.34. The van der Waals surface area contributed by atoms with E-state index in [2.05, 4.69) is 19.1 Å². The van der Waals surface area contributed by atoms with Gasteiger partial charge >= 0.3 is 24.5 Å². The number of rotatable bonds is 49. The molecule has 0 rings (SSSR count). The number of unbranched alkanes of at least 4 members (excludes halogenated alkanes) is 36. The lowest BCUT2D eigenvalue weighted by Crippen LogP contribution is -2.42. The van der Waals surface area contributed by atoms with Crippen molar-refractivity contribution in [2.45, 2.75) is 275 Å². The van der Waals surface area contributed by atoms with E-state index in [9.17, 15) is 0 Å². The Labute approximate surface area is 423 Å². The van der Waals surface area contributed by atoms with Gasteiger partial charge in [0, 0.05) is 74.7 Å². The Morgan fingerprint density at radius 2 is 0.485 bits per heavy atom. The number of halogens is 2. The monoisotopic (exact) mass is 1030 g/mol. The van der Waals surface area contributed by atoms with E-state index < -0.39 is 24.5 Å². The van der Waals surface area contributed by atoms with Gasteiger partial charge in [-0.2, -0.15) is 10.5 Å². The summed E-state index contributed by atoms with van der Waals surface area (Å²) < 4.78 is 37.7. The third-order valence-electron chi connectivity index (χ3n) is 12.8. The van der Waals surface area contributed by atoms with E-state index in [1.54, 1.807) is 49.8 Å². The van der Waals surface area contributed by atoms with Gasteiger partial charge in [-0.05, 0) is 31.7 Å². The minimum Gasteiger partial charge on any atom is -0.396 e. The molecule has 0 aliphatic heterocycles. The fraction of sp³-hybridized carbons (Fsp3) is 0.962. The second-order valence-electron chi connectivity index (χ2n) is 18.2. The molecule has 0 saturated carbocycles. The lowest BCUT2D eigenvalue weighted by Gasteiger charge is -2.24. The Morgan fingerprint density at radius 1 is 0.288 bits per heavy atom. The van der Waals surface area contributed by atoms with Crippen LogP contribution in [0, 0.1) is 22.7 Å². The minimum absolute atomic E-state index is 0.724. The first-order chi connectivity index (χ1) is 32.1. The van der Waals surface area contributed by atoms with Crippen LogP contribution in [-0.2, 0) is 31.0 Å². The first-order valence-corrected chi connectivity index (χ1v) is 35.1. The van der Waals surface area contributed by atoms with Crippen LogP contribution < -0.4 is 0 Å². The van der Waals surface area contributed by atoms with E-state index in [1.807, 2.05) is 0 Å². The molecule has 0 aliphatic carbocycles. The predicted molar refractivity (Wildman–Crippen MR) is 289 cm³/mol. The number of hydrogen-bond acceptors (Lipinski definition) is 9. The molecule has 0 saturated heterocycles. The third kappa shape index (κ3) is 50.3. The summed E-state index contributed by atoms with van der Waals surface area (Å²) in [6, 6.07) is 7.11. The predicted octanol–water partition coefficient (Wildman–Crippen LogP) is 18.1. The SMILES string of the molecule is CCCCCCCCCCCCCCC[Si](OC)(OC)OC.CO[Si](CCCCCCCCCCCCCCC#N)(OC)OC.CO[Si](Cl)(Cl)CCCCCCCCCCCCCCC#N. The quantitative estimate of drug-likeness (QED) is 0.0334. The molecular weight excluding hydrogens is 920 g/mol. The average molecular weight is 1030 g/mol. The van der Waals surface area contributed by atoms with Crippen LogP contribution in [0.15, 0.2) is 0 Å². The normalized spacial score (nSPS) is 11.7. The van der Waals surface area contributed by atoms with Gasteiger partial charge in [0.15, 0.2) is 0 Å². The molecule has 0 aliphatic rings. The van der Waals surface area contributed by atoms with Crippen LogP contribution in [0.4, 0.5) is 0 Å². The molecule has 0 aromatic carbocycles. The molecule has 0 spiro atoms. The van der Waals surface area contributed by atoms with Crippen LogP contribution >= 0.6 is 22.2 Å². The standard InChI is InChI=1S/C18H37NO3Si.C18H40O3Si.C16H31Cl2NOSi/c1-20-23(21-2,22-3)18-16-14-12-10-8-6-4-5-7-9-11-13-15-17-19;1-5-6-7-8-9-10-11-12-13-14-15-16-17-18-22(19-2,20-3)21-4;1-20-21(17,18)16-14-12-10-8-6-4-2-3-5-7-9-11-13-15-19/h4-16,18H2,1-3H3;5-18H2,1-4H3;2-14,16H2,1H3. The fourth-order valence-corrected chi connectivity index (χ4v) is 13.4. The zero-order valence-corrected chi connectivity index (χ0v) is 49.2. The summed E-state index contributed by atoms with van der Waals surface area (Å²) in [4.78, 5) is 0. The van der Waals surface area contributed by atoms with E-state index in [-0.39, 0.29) is 0 Å². The van der Waals surface area contributed by atoms with Crippen molar-refractivity contribution in [2.75, 3.05) is 49.8 Å². The maximum absolute atomic E-state index is 8.45. The van der Waals surface area contributed by atoms with Gasteiger partial charge < -0.3 is 31.0 Å². The van der Waals surface area contributed by atoms with Crippen LogP contribution in [0.3, 0.4) is 0 Å². The molecule has 9 nitrogen and oxygen atoms in total. The first kappa shape index (κ1) is 70.2. The zero-order valence-electron chi connectivity index (χ0n) is 44.7. The van der Waals surface area contributed by atoms with Crippen LogP contribution in [0.25, 0.3) is 0 Å². The third-order valence-corrected chi connectivity index (χ3v) is 22.0. The van der Waals surface area contributed by atoms with E-state index in [0.29, 0.717) is 0 Å². The summed E-state index contributed by atoms with van der Waals surface area (Å²) in [6.45, 7) is -0.0736. The summed E-state index contributed by atoms with van der Waals surface area (Å²) in [5.74, 6) is 0. The Morgan fingerprint density at radius 3 is 0.682 bits per heavy atom. The van der Waals surface area contributed by atoms with Gasteiger partial charge in [0.2, 0.25) is 0 Å². The van der Waals surface area contributed by atoms with Gasteiger partial charge in [-0.3, -0.25) is 0 Å². The van der Waals surface area contributed by atoms with Crippen molar-refractivity contribution in [3.8, 4) is 12.1 Å². The Balaban J connectivity index is -0.000000903. The zero-order chi connectivity index (χ0) is 49.6. The van der Waals surface area contributed by atoms with E-state index in [1.165, 1.54) is 205 Å². The van der Waals surface area contributed by atoms with Gasteiger partial charge in [0.1, 0.15) is 0 Å². The molecular formula is C52H108Cl2N2O7Si3. The van der Waals surface area contributed by atoms with Crippen LogP contribution in [0.2, 0.25) is 18.1 Å². The largest absolute Gasteiger partial charge is 0.500 e. The summed E-state index contributed by atoms with van der Waals surface area (Å²) in [5, 5.41) is 16.9. The molecule has 0 aromatic rings. The van der Waals surface area contributed by atoms with Gasteiger partial charge in [0.25, 0.3) is 0 Å². The van der Waals surface area contributed by atoms with Crippen molar-refractivity contribution in [2.24, 2.45) is 0 Å². The minimum atomic E-state index is -2.35. The van der Waals surface area contributed by atoms with Gasteiger partial charge in [-0.15, -0.1) is 22.2 Å². The van der Waals surface area contributed by atoms with Gasteiger partial charge in [-0.1, -0.05) is 219 Å². The molecule has 0 bridgehead atoms. The lowest BCUT2D eigenvalue weighted by molar-refractivity contribution is 0.122. The van der Waals surface area contributed by atoms with Crippen LogP contribution in [0.5, 0.6) is 0 Å². The second kappa shape index (κ2) is 55.9. The van der Waals surface area contributed by atoms with Crippen molar-refractivity contribution >= 4 is 46.7 Å². The second-order valence-corrected chi connectivity index (χ2v) is 30.8. The molecule has 0 amide bonds. The summed E-state index contributed by atoms with van der Waals surface area (Å²) in [5.41, 5.74) is 0. The van der Waals surface area contributed by atoms with Crippen LogP contribution in [-0.4, -0.2) is 74.3 Å². The highest BCUT2D eigenvalue weighted by molar-refractivity contribution is 7.42. The Bertz CT molecular complexity index is 1020. The highest BCUT2D eigenvalue weighted by Crippen LogP contribution is 2.25. The molecule has 0 fully saturated rings. The van der Waals surface area contributed by atoms with E-state index in [0.717, 1.165) is 63.1 Å². The molecule has 14 heteroatoms. The lowest BCUT2D eigenvalue weighted by atomic mass is 10.0. The highest BCUT2D eigenvalue weighted by Gasteiger charge is 2.37. The summed E-state index contributed by atoms with van der Waals surface area (Å²) in [7, 11) is 7.09. The maximum atomic E-state index is 8.45. The number of nitriles is 2. The molecule has 0 heterocycles. The van der Waals surface area contributed by atoms with E-state index >= 15 is 0 Å². The summed E-state index contributed by atoms with van der Waals surface area (Å²) in [6.07, 6.45) is 50.0. The molecule has 0 aromatic heterocycles. The highest BCUT2D eigenvalue weighted by atomic mass is 35.7. The van der Waals surface area contributed by atoms with Gasteiger partial charge in [0.05, 0.1) is 12.1 Å². The Hall–Kier alpha value is -0.0694. The molecule has 0 unspecified atom stereocenters. The maximum Gasteiger partial charge on any atom is 0.500 e. The molecule has 0 atom stereocenters. The molecule has 0 radical (unpaired) electrons. The van der Waals surface area contributed by atoms with Gasteiger partial charge in [-0.25, -0.2) is 0 Å². The fourth-order valence-electron chi connectivity index (χ4n) is 8.19. The van der Waals surface area contributed by atoms with Crippen molar-refractivity contribution in [3.63, 3.8) is 0 Å². The topological polar surface area (TPSA) is 112 Å². The van der Waals surface area contributed by atoms with E-state index in [4.69, 9.17) is 63.7 Å². The molecule has 66 heavy (non-hydrogen) atoms.